The fraction of sp³-hybridized carbons (Fsp3) is 0.500. The van der Waals surface area contributed by atoms with Crippen molar-refractivity contribution >= 4 is 17.6 Å². The van der Waals surface area contributed by atoms with Crippen LogP contribution >= 0.6 is 11.6 Å². The SMILES string of the molecule is CC1(Cc2ccccc2Cl)OCC(CCC(=O)O)O1. The van der Waals surface area contributed by atoms with Gasteiger partial charge in [-0.1, -0.05) is 29.8 Å². The molecule has 1 aliphatic heterocycles. The summed E-state index contributed by atoms with van der Waals surface area (Å²) in [5, 5.41) is 9.35. The van der Waals surface area contributed by atoms with E-state index >= 15 is 0 Å². The van der Waals surface area contributed by atoms with Crippen LogP contribution in [0.25, 0.3) is 0 Å². The number of hydrogen-bond acceptors (Lipinski definition) is 3. The monoisotopic (exact) mass is 284 g/mol. The first-order chi connectivity index (χ1) is 8.98. The summed E-state index contributed by atoms with van der Waals surface area (Å²) in [5.41, 5.74) is 0.963. The summed E-state index contributed by atoms with van der Waals surface area (Å²) >= 11 is 6.11. The number of benzene rings is 1. The lowest BCUT2D eigenvalue weighted by molar-refractivity contribution is -0.155. The molecule has 1 N–H and O–H groups in total. The summed E-state index contributed by atoms with van der Waals surface area (Å²) < 4.78 is 11.5. The molecule has 4 nitrogen and oxygen atoms in total. The molecular formula is C14H17ClO4. The Balaban J connectivity index is 1.94. The van der Waals surface area contributed by atoms with E-state index in [0.717, 1.165) is 5.56 Å². The average molecular weight is 285 g/mol. The second-order valence-corrected chi connectivity index (χ2v) is 5.29. The van der Waals surface area contributed by atoms with Crippen LogP contribution in [-0.2, 0) is 20.7 Å². The van der Waals surface area contributed by atoms with Crippen LogP contribution in [0.15, 0.2) is 24.3 Å². The van der Waals surface area contributed by atoms with E-state index in [4.69, 9.17) is 26.2 Å². The molecule has 1 fully saturated rings. The van der Waals surface area contributed by atoms with E-state index in [-0.39, 0.29) is 12.5 Å². The van der Waals surface area contributed by atoms with Gasteiger partial charge in [-0.15, -0.1) is 0 Å². The molecule has 0 aliphatic carbocycles. The van der Waals surface area contributed by atoms with Gasteiger partial charge in [0.15, 0.2) is 5.79 Å². The molecule has 0 radical (unpaired) electrons. The quantitative estimate of drug-likeness (QED) is 0.903. The predicted molar refractivity (Wildman–Crippen MR) is 71.3 cm³/mol. The predicted octanol–water partition coefficient (Wildman–Crippen LogP) is 2.88. The highest BCUT2D eigenvalue weighted by molar-refractivity contribution is 6.31. The molecule has 5 heteroatoms. The van der Waals surface area contributed by atoms with Gasteiger partial charge in [-0.3, -0.25) is 4.79 Å². The van der Waals surface area contributed by atoms with Crippen LogP contribution in [0.3, 0.4) is 0 Å². The second-order valence-electron chi connectivity index (χ2n) is 4.89. The Morgan fingerprint density at radius 2 is 2.26 bits per heavy atom. The summed E-state index contributed by atoms with van der Waals surface area (Å²) in [5.74, 6) is -1.54. The van der Waals surface area contributed by atoms with Gasteiger partial charge in [0.2, 0.25) is 0 Å². The number of hydrogen-bond donors (Lipinski definition) is 1. The number of carbonyl (C=O) groups is 1. The normalized spacial score (nSPS) is 26.5. The van der Waals surface area contributed by atoms with E-state index in [1.165, 1.54) is 0 Å². The Morgan fingerprint density at radius 3 is 2.95 bits per heavy atom. The van der Waals surface area contributed by atoms with Crippen molar-refractivity contribution in [2.45, 2.75) is 38.1 Å². The van der Waals surface area contributed by atoms with Crippen molar-refractivity contribution in [3.05, 3.63) is 34.9 Å². The van der Waals surface area contributed by atoms with Crippen LogP contribution < -0.4 is 0 Å². The van der Waals surface area contributed by atoms with Gasteiger partial charge < -0.3 is 14.6 Å². The largest absolute Gasteiger partial charge is 0.481 e. The van der Waals surface area contributed by atoms with E-state index < -0.39 is 11.8 Å². The Labute approximate surface area is 117 Å². The summed E-state index contributed by atoms with van der Waals surface area (Å²) in [4.78, 5) is 10.5. The van der Waals surface area contributed by atoms with Crippen molar-refractivity contribution in [3.63, 3.8) is 0 Å². The smallest absolute Gasteiger partial charge is 0.303 e. The van der Waals surface area contributed by atoms with Crippen molar-refractivity contribution in [3.8, 4) is 0 Å². The maximum absolute atomic E-state index is 10.5. The van der Waals surface area contributed by atoms with E-state index in [1.54, 1.807) is 0 Å². The van der Waals surface area contributed by atoms with Gasteiger partial charge >= 0.3 is 5.97 Å². The topological polar surface area (TPSA) is 55.8 Å². The third-order valence-corrected chi connectivity index (χ3v) is 3.51. The van der Waals surface area contributed by atoms with Crippen molar-refractivity contribution in [1.82, 2.24) is 0 Å². The fourth-order valence-electron chi connectivity index (χ4n) is 2.20. The molecule has 1 aromatic carbocycles. The molecular weight excluding hydrogens is 268 g/mol. The highest BCUT2D eigenvalue weighted by Gasteiger charge is 2.37. The van der Waals surface area contributed by atoms with E-state index in [0.29, 0.717) is 24.5 Å². The molecule has 1 heterocycles. The van der Waals surface area contributed by atoms with Gasteiger partial charge in [0.05, 0.1) is 12.7 Å². The van der Waals surface area contributed by atoms with E-state index in [2.05, 4.69) is 0 Å². The molecule has 1 aliphatic rings. The molecule has 1 aromatic rings. The van der Waals surface area contributed by atoms with Gasteiger partial charge in [-0.05, 0) is 25.0 Å². The molecule has 2 rings (SSSR count). The molecule has 104 valence electrons. The number of halogens is 1. The van der Waals surface area contributed by atoms with Crippen molar-refractivity contribution < 1.29 is 19.4 Å². The molecule has 0 aromatic heterocycles. The number of carboxylic acid groups (broad SMARTS) is 1. The summed E-state index contributed by atoms with van der Waals surface area (Å²) in [6, 6.07) is 7.56. The van der Waals surface area contributed by atoms with Gasteiger partial charge in [0.1, 0.15) is 0 Å². The molecule has 19 heavy (non-hydrogen) atoms. The van der Waals surface area contributed by atoms with Gasteiger partial charge in [-0.2, -0.15) is 0 Å². The van der Waals surface area contributed by atoms with Crippen molar-refractivity contribution in [2.24, 2.45) is 0 Å². The lowest BCUT2D eigenvalue weighted by Gasteiger charge is -2.23. The first-order valence-electron chi connectivity index (χ1n) is 6.25. The van der Waals surface area contributed by atoms with Crippen LogP contribution in [0.5, 0.6) is 0 Å². The molecule has 0 amide bonds. The summed E-state index contributed by atoms with van der Waals surface area (Å²) in [7, 11) is 0. The number of carboxylic acids is 1. The summed E-state index contributed by atoms with van der Waals surface area (Å²) in [6.45, 7) is 2.28. The van der Waals surface area contributed by atoms with Crippen molar-refractivity contribution in [1.29, 1.82) is 0 Å². The first kappa shape index (κ1) is 14.3. The Hall–Kier alpha value is -1.10. The lowest BCUT2D eigenvalue weighted by atomic mass is 10.1. The van der Waals surface area contributed by atoms with Gasteiger partial charge in [0, 0.05) is 17.9 Å². The molecule has 2 unspecified atom stereocenters. The third-order valence-electron chi connectivity index (χ3n) is 3.14. The van der Waals surface area contributed by atoms with Crippen LogP contribution in [-0.4, -0.2) is 29.6 Å². The minimum atomic E-state index is -0.816. The zero-order valence-corrected chi connectivity index (χ0v) is 11.5. The number of ether oxygens (including phenoxy) is 2. The zero-order valence-electron chi connectivity index (χ0n) is 10.8. The molecule has 0 saturated carbocycles. The zero-order chi connectivity index (χ0) is 13.9. The van der Waals surface area contributed by atoms with Gasteiger partial charge in [-0.25, -0.2) is 0 Å². The van der Waals surface area contributed by atoms with Crippen LogP contribution in [0.1, 0.15) is 25.3 Å². The third kappa shape index (κ3) is 3.93. The minimum Gasteiger partial charge on any atom is -0.481 e. The van der Waals surface area contributed by atoms with Crippen LogP contribution in [0, 0.1) is 0 Å². The second kappa shape index (κ2) is 5.90. The molecule has 2 atom stereocenters. The maximum Gasteiger partial charge on any atom is 0.303 e. The number of rotatable bonds is 5. The molecule has 0 bridgehead atoms. The Kier molecular flexibility index (Phi) is 4.45. The van der Waals surface area contributed by atoms with Gasteiger partial charge in [0.25, 0.3) is 0 Å². The van der Waals surface area contributed by atoms with Crippen molar-refractivity contribution in [2.75, 3.05) is 6.61 Å². The standard InChI is InChI=1S/C14H17ClO4/c1-14(8-10-4-2-3-5-12(10)15)18-9-11(19-14)6-7-13(16)17/h2-5,11H,6-9H2,1H3,(H,16,17). The summed E-state index contributed by atoms with van der Waals surface area (Å²) in [6.07, 6.45) is 0.948. The minimum absolute atomic E-state index is 0.0935. The highest BCUT2D eigenvalue weighted by atomic mass is 35.5. The average Bonchev–Trinajstić information content (AvgIpc) is 2.72. The Bertz CT molecular complexity index is 463. The molecule has 1 saturated heterocycles. The van der Waals surface area contributed by atoms with E-state index in [9.17, 15) is 4.79 Å². The Morgan fingerprint density at radius 1 is 1.53 bits per heavy atom. The van der Waals surface area contributed by atoms with Crippen LogP contribution in [0.2, 0.25) is 5.02 Å². The first-order valence-corrected chi connectivity index (χ1v) is 6.63. The number of aliphatic carboxylic acids is 1. The highest BCUT2D eigenvalue weighted by Crippen LogP contribution is 2.31. The fourth-order valence-corrected chi connectivity index (χ4v) is 2.40. The molecule has 0 spiro atoms. The van der Waals surface area contributed by atoms with Crippen LogP contribution in [0.4, 0.5) is 0 Å². The lowest BCUT2D eigenvalue weighted by Crippen LogP contribution is -2.29. The maximum atomic E-state index is 10.5. The van der Waals surface area contributed by atoms with E-state index in [1.807, 2.05) is 31.2 Å².